The molecule has 18 heavy (non-hydrogen) atoms. The van der Waals surface area contributed by atoms with Gasteiger partial charge in [0.15, 0.2) is 0 Å². The fourth-order valence-corrected chi connectivity index (χ4v) is 3.86. The molecule has 0 bridgehead atoms. The molecule has 1 aromatic carbocycles. The van der Waals surface area contributed by atoms with Gasteiger partial charge in [0.2, 0.25) is 9.58 Å². The molecule has 96 valence electrons. The number of hydrogen-bond acceptors (Lipinski definition) is 5. The third-order valence-electron chi connectivity index (χ3n) is 2.18. The van der Waals surface area contributed by atoms with Gasteiger partial charge in [-0.25, -0.2) is 13.4 Å². The molecule has 0 spiro atoms. The van der Waals surface area contributed by atoms with E-state index in [2.05, 4.69) is 9.71 Å². The van der Waals surface area contributed by atoms with E-state index in [4.69, 9.17) is 11.6 Å². The zero-order valence-electron chi connectivity index (χ0n) is 9.25. The predicted octanol–water partition coefficient (Wildman–Crippen LogP) is 1.73. The minimum Gasteiger partial charge on any atom is -0.279 e. The number of para-hydroxylation sites is 1. The van der Waals surface area contributed by atoms with Crippen LogP contribution in [0.25, 0.3) is 10.2 Å². The Morgan fingerprint density at radius 3 is 2.72 bits per heavy atom. The van der Waals surface area contributed by atoms with E-state index in [1.165, 1.54) is 6.92 Å². The highest BCUT2D eigenvalue weighted by atomic mass is 35.5. The van der Waals surface area contributed by atoms with Crippen LogP contribution < -0.4 is 4.72 Å². The number of halogens is 1. The third-order valence-corrected chi connectivity index (χ3v) is 5.46. The second kappa shape index (κ2) is 4.93. The third kappa shape index (κ3) is 2.69. The van der Waals surface area contributed by atoms with Crippen LogP contribution >= 0.6 is 22.9 Å². The van der Waals surface area contributed by atoms with Gasteiger partial charge in [-0.15, -0.1) is 11.3 Å². The molecule has 0 radical (unpaired) electrons. The van der Waals surface area contributed by atoms with Crippen molar-refractivity contribution in [1.29, 1.82) is 0 Å². The molecular formula is C10H9ClN2O3S2. The molecule has 2 aromatic rings. The molecule has 8 heteroatoms. The monoisotopic (exact) mass is 304 g/mol. The number of thiazole rings is 1. The van der Waals surface area contributed by atoms with Crippen LogP contribution in [-0.4, -0.2) is 24.7 Å². The summed E-state index contributed by atoms with van der Waals surface area (Å²) in [7, 11) is -3.81. The van der Waals surface area contributed by atoms with Crippen molar-refractivity contribution < 1.29 is 13.2 Å². The van der Waals surface area contributed by atoms with Gasteiger partial charge in [0.1, 0.15) is 0 Å². The maximum Gasteiger partial charge on any atom is 0.268 e. The van der Waals surface area contributed by atoms with Crippen molar-refractivity contribution in [3.63, 3.8) is 0 Å². The minimum absolute atomic E-state index is 0.0755. The quantitative estimate of drug-likeness (QED) is 0.873. The molecule has 0 aliphatic rings. The molecule has 0 saturated heterocycles. The van der Waals surface area contributed by atoms with Crippen LogP contribution in [0.2, 0.25) is 0 Å². The number of carbonyl (C=O) groups excluding carboxylic acids is 1. The smallest absolute Gasteiger partial charge is 0.268 e. The minimum atomic E-state index is -3.81. The first-order chi connectivity index (χ1) is 8.40. The lowest BCUT2D eigenvalue weighted by Crippen LogP contribution is -2.36. The zero-order valence-corrected chi connectivity index (χ0v) is 11.6. The number of rotatable bonds is 4. The maximum absolute atomic E-state index is 11.9. The summed E-state index contributed by atoms with van der Waals surface area (Å²) in [6, 6.07) is 6.10. The molecule has 1 aromatic heterocycles. The first-order valence-electron chi connectivity index (χ1n) is 4.97. The Bertz CT molecular complexity index is 663. The van der Waals surface area contributed by atoms with Gasteiger partial charge in [-0.2, -0.15) is 4.72 Å². The molecule has 2 rings (SSSR count). The summed E-state index contributed by atoms with van der Waals surface area (Å²) < 4.78 is 26.7. The van der Waals surface area contributed by atoms with Crippen molar-refractivity contribution in [3.05, 3.63) is 24.3 Å². The zero-order chi connectivity index (χ0) is 13.3. The van der Waals surface area contributed by atoms with Crippen molar-refractivity contribution in [2.45, 2.75) is 17.3 Å². The summed E-state index contributed by atoms with van der Waals surface area (Å²) in [5, 5.41) is -0.764. The Morgan fingerprint density at radius 1 is 1.44 bits per heavy atom. The van der Waals surface area contributed by atoms with Gasteiger partial charge in [-0.1, -0.05) is 12.1 Å². The highest BCUT2D eigenvalue weighted by molar-refractivity contribution is 7.91. The number of carbonyl (C=O) groups is 1. The average Bonchev–Trinajstić information content (AvgIpc) is 2.72. The number of nitrogens with one attached hydrogen (secondary N) is 1. The predicted molar refractivity (Wildman–Crippen MR) is 70.3 cm³/mol. The van der Waals surface area contributed by atoms with Gasteiger partial charge in [-0.05, 0) is 30.7 Å². The fourth-order valence-electron chi connectivity index (χ4n) is 1.30. The summed E-state index contributed by atoms with van der Waals surface area (Å²) in [5.74, 6) is 0. The van der Waals surface area contributed by atoms with E-state index >= 15 is 0 Å². The van der Waals surface area contributed by atoms with Crippen LogP contribution in [0.3, 0.4) is 0 Å². The summed E-state index contributed by atoms with van der Waals surface area (Å²) >= 11 is 6.26. The Kier molecular flexibility index (Phi) is 3.67. The topological polar surface area (TPSA) is 76.1 Å². The molecule has 1 heterocycles. The van der Waals surface area contributed by atoms with Crippen molar-refractivity contribution >= 4 is 48.4 Å². The lowest BCUT2D eigenvalue weighted by atomic mass is 10.3. The lowest BCUT2D eigenvalue weighted by Gasteiger charge is -2.07. The maximum atomic E-state index is 11.9. The molecule has 0 amide bonds. The van der Waals surface area contributed by atoms with Crippen molar-refractivity contribution in [2.24, 2.45) is 0 Å². The standard InChI is InChI=1S/C10H9ClN2O3S2/c1-6(9(11)14)13-18(15,16)10-12-7-4-2-3-5-8(7)17-10/h2-6,13H,1H3/t6-/m0/s1. The van der Waals surface area contributed by atoms with Crippen LogP contribution in [0.4, 0.5) is 0 Å². The van der Waals surface area contributed by atoms with E-state index in [9.17, 15) is 13.2 Å². The summed E-state index contributed by atoms with van der Waals surface area (Å²) in [6.45, 7) is 1.38. The van der Waals surface area contributed by atoms with E-state index in [0.29, 0.717) is 5.52 Å². The van der Waals surface area contributed by atoms with Crippen LogP contribution in [0, 0.1) is 0 Å². The van der Waals surface area contributed by atoms with Crippen molar-refractivity contribution in [1.82, 2.24) is 9.71 Å². The fraction of sp³-hybridized carbons (Fsp3) is 0.200. The number of hydrogen-bond donors (Lipinski definition) is 1. The Balaban J connectivity index is 2.38. The first kappa shape index (κ1) is 13.4. The van der Waals surface area contributed by atoms with Crippen molar-refractivity contribution in [3.8, 4) is 0 Å². The molecule has 0 unspecified atom stereocenters. The molecule has 5 nitrogen and oxygen atoms in total. The van der Waals surface area contributed by atoms with Crippen LogP contribution in [0.5, 0.6) is 0 Å². The molecule has 0 aliphatic carbocycles. The number of aromatic nitrogens is 1. The summed E-state index contributed by atoms with van der Waals surface area (Å²) in [5.41, 5.74) is 0.604. The largest absolute Gasteiger partial charge is 0.279 e. The van der Waals surface area contributed by atoms with Crippen LogP contribution in [-0.2, 0) is 14.8 Å². The molecule has 1 atom stereocenters. The molecule has 0 fully saturated rings. The summed E-state index contributed by atoms with van der Waals surface area (Å²) in [4.78, 5) is 14.9. The molecule has 1 N–H and O–H groups in total. The van der Waals surface area contributed by atoms with Crippen LogP contribution in [0.15, 0.2) is 28.6 Å². The number of fused-ring (bicyclic) bond motifs is 1. The average molecular weight is 305 g/mol. The van der Waals surface area contributed by atoms with E-state index in [1.807, 2.05) is 0 Å². The van der Waals surface area contributed by atoms with Gasteiger partial charge in [0, 0.05) is 0 Å². The number of benzene rings is 1. The van der Waals surface area contributed by atoms with E-state index in [0.717, 1.165) is 16.0 Å². The Labute approximate surface area is 113 Å². The van der Waals surface area contributed by atoms with Gasteiger partial charge < -0.3 is 0 Å². The SMILES string of the molecule is C[C@H](NS(=O)(=O)c1nc2ccccc2s1)C(=O)Cl. The van der Waals surface area contributed by atoms with E-state index in [-0.39, 0.29) is 4.34 Å². The van der Waals surface area contributed by atoms with E-state index in [1.54, 1.807) is 24.3 Å². The number of sulfonamides is 1. The van der Waals surface area contributed by atoms with Crippen LogP contribution in [0.1, 0.15) is 6.92 Å². The second-order valence-electron chi connectivity index (χ2n) is 3.59. The molecular weight excluding hydrogens is 296 g/mol. The van der Waals surface area contributed by atoms with Gasteiger partial charge in [-0.3, -0.25) is 4.79 Å². The first-order valence-corrected chi connectivity index (χ1v) is 7.65. The van der Waals surface area contributed by atoms with Gasteiger partial charge in [0.25, 0.3) is 10.0 Å². The summed E-state index contributed by atoms with van der Waals surface area (Å²) in [6.07, 6.45) is 0. The Morgan fingerprint density at radius 2 is 2.11 bits per heavy atom. The van der Waals surface area contributed by atoms with Gasteiger partial charge in [0.05, 0.1) is 16.3 Å². The van der Waals surface area contributed by atoms with E-state index < -0.39 is 21.3 Å². The van der Waals surface area contributed by atoms with Crippen molar-refractivity contribution in [2.75, 3.05) is 0 Å². The second-order valence-corrected chi connectivity index (χ2v) is 6.89. The normalized spacial score (nSPS) is 13.7. The Hall–Kier alpha value is -1.02. The molecule has 0 saturated carbocycles. The number of nitrogens with zero attached hydrogens (tertiary/aromatic N) is 1. The highest BCUT2D eigenvalue weighted by Crippen LogP contribution is 2.24. The molecule has 0 aliphatic heterocycles. The lowest BCUT2D eigenvalue weighted by molar-refractivity contribution is -0.112. The van der Waals surface area contributed by atoms with Gasteiger partial charge >= 0.3 is 0 Å². The highest BCUT2D eigenvalue weighted by Gasteiger charge is 2.24.